The summed E-state index contributed by atoms with van der Waals surface area (Å²) < 4.78 is 28.8. The first-order valence-electron chi connectivity index (χ1n) is 7.62. The Labute approximate surface area is 126 Å². The lowest BCUT2D eigenvalue weighted by atomic mass is 9.79. The van der Waals surface area contributed by atoms with Crippen molar-refractivity contribution in [3.8, 4) is 0 Å². The van der Waals surface area contributed by atoms with E-state index in [2.05, 4.69) is 5.10 Å². The number of piperidine rings is 1. The minimum atomic E-state index is -3.54. The van der Waals surface area contributed by atoms with Crippen LogP contribution in [0.15, 0.2) is 17.3 Å². The Morgan fingerprint density at radius 3 is 2.81 bits per heavy atom. The summed E-state index contributed by atoms with van der Waals surface area (Å²) in [5.41, 5.74) is -0.305. The molecule has 1 aliphatic rings. The van der Waals surface area contributed by atoms with Crippen LogP contribution in [0.5, 0.6) is 0 Å². The van der Waals surface area contributed by atoms with E-state index in [0.717, 1.165) is 25.7 Å². The monoisotopic (exact) mass is 315 g/mol. The number of aliphatic hydroxyl groups excluding tert-OH is 1. The Morgan fingerprint density at radius 1 is 1.43 bits per heavy atom. The fourth-order valence-electron chi connectivity index (χ4n) is 2.95. The number of aryl methyl sites for hydroxylation is 1. The number of aromatic nitrogens is 2. The van der Waals surface area contributed by atoms with Crippen LogP contribution in [0.4, 0.5) is 0 Å². The van der Waals surface area contributed by atoms with Crippen LogP contribution < -0.4 is 0 Å². The molecule has 1 aromatic heterocycles. The topological polar surface area (TPSA) is 75.4 Å². The van der Waals surface area contributed by atoms with Crippen molar-refractivity contribution in [1.82, 2.24) is 14.1 Å². The van der Waals surface area contributed by atoms with Crippen molar-refractivity contribution in [2.24, 2.45) is 5.41 Å². The van der Waals surface area contributed by atoms with Crippen LogP contribution in [0.2, 0.25) is 0 Å². The van der Waals surface area contributed by atoms with Crippen molar-refractivity contribution in [3.05, 3.63) is 12.3 Å². The van der Waals surface area contributed by atoms with Gasteiger partial charge in [0.25, 0.3) is 10.0 Å². The standard InChI is InChI=1S/C14H25N3O3S/c1-3-9-17-13(6-8-15-17)21(19,20)16-10-5-7-14(4-2,11-16)12-18/h6,8,18H,3-5,7,9-12H2,1-2H3/t14-/m0/s1. The van der Waals surface area contributed by atoms with E-state index in [1.165, 1.54) is 10.5 Å². The highest BCUT2D eigenvalue weighted by Crippen LogP contribution is 2.35. The van der Waals surface area contributed by atoms with Gasteiger partial charge in [-0.05, 0) is 31.7 Å². The second-order valence-electron chi connectivity index (χ2n) is 5.85. The van der Waals surface area contributed by atoms with Gasteiger partial charge in [0.1, 0.15) is 0 Å². The number of hydrogen-bond donors (Lipinski definition) is 1. The largest absolute Gasteiger partial charge is 0.396 e. The predicted octanol–water partition coefficient (Wildman–Crippen LogP) is 1.47. The summed E-state index contributed by atoms with van der Waals surface area (Å²) in [5, 5.41) is 14.0. The van der Waals surface area contributed by atoms with Crippen molar-refractivity contribution in [2.75, 3.05) is 19.7 Å². The van der Waals surface area contributed by atoms with Gasteiger partial charge in [0, 0.05) is 31.7 Å². The van der Waals surface area contributed by atoms with E-state index in [4.69, 9.17) is 0 Å². The fourth-order valence-corrected chi connectivity index (χ4v) is 4.66. The molecule has 0 aliphatic carbocycles. The summed E-state index contributed by atoms with van der Waals surface area (Å²) in [5.74, 6) is 0. The Balaban J connectivity index is 2.28. The number of aliphatic hydroxyl groups is 1. The molecule has 0 bridgehead atoms. The zero-order valence-corrected chi connectivity index (χ0v) is 13.6. The van der Waals surface area contributed by atoms with Gasteiger partial charge in [-0.2, -0.15) is 9.40 Å². The molecule has 2 heterocycles. The lowest BCUT2D eigenvalue weighted by Gasteiger charge is -2.40. The van der Waals surface area contributed by atoms with Crippen molar-refractivity contribution in [2.45, 2.75) is 51.1 Å². The molecule has 120 valence electrons. The maximum atomic E-state index is 12.8. The van der Waals surface area contributed by atoms with Gasteiger partial charge >= 0.3 is 0 Å². The maximum absolute atomic E-state index is 12.8. The summed E-state index contributed by atoms with van der Waals surface area (Å²) in [6.45, 7) is 5.53. The van der Waals surface area contributed by atoms with E-state index < -0.39 is 10.0 Å². The van der Waals surface area contributed by atoms with Gasteiger partial charge in [0.05, 0.1) is 6.20 Å². The highest BCUT2D eigenvalue weighted by molar-refractivity contribution is 7.89. The van der Waals surface area contributed by atoms with Gasteiger partial charge in [0.15, 0.2) is 5.03 Å². The molecule has 1 aromatic rings. The molecule has 1 N–H and O–H groups in total. The van der Waals surface area contributed by atoms with Gasteiger partial charge in [-0.25, -0.2) is 8.42 Å². The SMILES string of the molecule is CCCn1nccc1S(=O)(=O)N1CCC[C@](CC)(CO)C1. The molecular weight excluding hydrogens is 290 g/mol. The predicted molar refractivity (Wildman–Crippen MR) is 80.3 cm³/mol. The maximum Gasteiger partial charge on any atom is 0.260 e. The molecule has 0 spiro atoms. The van der Waals surface area contributed by atoms with Crippen LogP contribution in [0.3, 0.4) is 0 Å². The van der Waals surface area contributed by atoms with Gasteiger partial charge in [-0.15, -0.1) is 0 Å². The number of rotatable bonds is 6. The Bertz CT molecular complexity index is 564. The lowest BCUT2D eigenvalue weighted by Crippen LogP contribution is -2.47. The van der Waals surface area contributed by atoms with Crippen molar-refractivity contribution in [3.63, 3.8) is 0 Å². The third-order valence-electron chi connectivity index (χ3n) is 4.43. The molecular formula is C14H25N3O3S. The average Bonchev–Trinajstić information content (AvgIpc) is 2.96. The summed E-state index contributed by atoms with van der Waals surface area (Å²) in [6.07, 6.45) is 4.81. The number of nitrogens with zero attached hydrogens (tertiary/aromatic N) is 3. The van der Waals surface area contributed by atoms with E-state index in [1.807, 2.05) is 13.8 Å². The van der Waals surface area contributed by atoms with Crippen LogP contribution in [0.25, 0.3) is 0 Å². The van der Waals surface area contributed by atoms with Gasteiger partial charge in [-0.1, -0.05) is 13.8 Å². The zero-order valence-electron chi connectivity index (χ0n) is 12.8. The molecule has 7 heteroatoms. The van der Waals surface area contributed by atoms with Crippen LogP contribution in [-0.2, 0) is 16.6 Å². The molecule has 0 radical (unpaired) electrons. The average molecular weight is 315 g/mol. The first kappa shape index (κ1) is 16.5. The summed E-state index contributed by atoms with van der Waals surface area (Å²) >= 11 is 0. The van der Waals surface area contributed by atoms with Gasteiger partial charge in [-0.3, -0.25) is 4.68 Å². The molecule has 0 unspecified atom stereocenters. The van der Waals surface area contributed by atoms with E-state index >= 15 is 0 Å². The molecule has 0 saturated carbocycles. The second kappa shape index (κ2) is 6.46. The first-order chi connectivity index (χ1) is 9.99. The van der Waals surface area contributed by atoms with Gasteiger partial charge < -0.3 is 5.11 Å². The summed E-state index contributed by atoms with van der Waals surface area (Å²) in [6, 6.07) is 1.56. The molecule has 0 amide bonds. The highest BCUT2D eigenvalue weighted by Gasteiger charge is 2.39. The first-order valence-corrected chi connectivity index (χ1v) is 9.06. The Hall–Kier alpha value is -0.920. The van der Waals surface area contributed by atoms with Crippen LogP contribution in [0, 0.1) is 5.41 Å². The lowest BCUT2D eigenvalue weighted by molar-refractivity contribution is 0.0607. The minimum Gasteiger partial charge on any atom is -0.396 e. The van der Waals surface area contributed by atoms with E-state index in [9.17, 15) is 13.5 Å². The van der Waals surface area contributed by atoms with Crippen molar-refractivity contribution >= 4 is 10.0 Å². The number of hydrogen-bond acceptors (Lipinski definition) is 4. The zero-order chi connectivity index (χ0) is 15.5. The molecule has 1 fully saturated rings. The third kappa shape index (κ3) is 3.14. The molecule has 21 heavy (non-hydrogen) atoms. The normalized spacial score (nSPS) is 24.3. The van der Waals surface area contributed by atoms with Crippen molar-refractivity contribution < 1.29 is 13.5 Å². The van der Waals surface area contributed by atoms with Crippen LogP contribution >= 0.6 is 0 Å². The second-order valence-corrected chi connectivity index (χ2v) is 7.73. The molecule has 1 saturated heterocycles. The van der Waals surface area contributed by atoms with Crippen LogP contribution in [-0.4, -0.2) is 47.3 Å². The molecule has 2 rings (SSSR count). The van der Waals surface area contributed by atoms with E-state index in [-0.39, 0.29) is 17.0 Å². The summed E-state index contributed by atoms with van der Waals surface area (Å²) in [4.78, 5) is 0. The molecule has 6 nitrogen and oxygen atoms in total. The molecule has 1 atom stereocenters. The smallest absolute Gasteiger partial charge is 0.260 e. The third-order valence-corrected chi connectivity index (χ3v) is 6.30. The Kier molecular flexibility index (Phi) is 5.06. The Morgan fingerprint density at radius 2 is 2.19 bits per heavy atom. The highest BCUT2D eigenvalue weighted by atomic mass is 32.2. The quantitative estimate of drug-likeness (QED) is 0.862. The number of sulfonamides is 1. The summed E-state index contributed by atoms with van der Waals surface area (Å²) in [7, 11) is -3.54. The molecule has 1 aliphatic heterocycles. The molecule has 0 aromatic carbocycles. The van der Waals surface area contributed by atoms with E-state index in [1.54, 1.807) is 10.7 Å². The van der Waals surface area contributed by atoms with Crippen molar-refractivity contribution in [1.29, 1.82) is 0 Å². The fraction of sp³-hybridized carbons (Fsp3) is 0.786. The minimum absolute atomic E-state index is 0.0315. The van der Waals surface area contributed by atoms with E-state index in [0.29, 0.717) is 19.6 Å². The van der Waals surface area contributed by atoms with Gasteiger partial charge in [0.2, 0.25) is 0 Å². The van der Waals surface area contributed by atoms with Crippen LogP contribution in [0.1, 0.15) is 39.5 Å².